The predicted octanol–water partition coefficient (Wildman–Crippen LogP) is 7.34. The molecule has 0 aliphatic rings. The fourth-order valence-electron chi connectivity index (χ4n) is 3.81. The molecule has 0 spiro atoms. The van der Waals surface area contributed by atoms with Crippen LogP contribution in [0.15, 0.2) is 75.8 Å². The van der Waals surface area contributed by atoms with Gasteiger partial charge in [0.05, 0.1) is 23.4 Å². The second-order valence-electron chi connectivity index (χ2n) is 8.03. The molecule has 1 amide bonds. The lowest BCUT2D eigenvalue weighted by atomic mass is 10.0. The lowest BCUT2D eigenvalue weighted by Crippen LogP contribution is -2.12. The number of ether oxygens (including phenoxy) is 1. The molecule has 4 aromatic carbocycles. The fourth-order valence-corrected chi connectivity index (χ4v) is 5.08. The van der Waals surface area contributed by atoms with Crippen molar-refractivity contribution in [2.45, 2.75) is 18.2 Å². The van der Waals surface area contributed by atoms with Crippen molar-refractivity contribution in [2.24, 2.45) is 10.2 Å². The summed E-state index contributed by atoms with van der Waals surface area (Å²) in [6, 6.07) is 15.7. The first-order valence-electron chi connectivity index (χ1n) is 11.2. The topological polar surface area (TPSA) is 138 Å². The Labute approximate surface area is 228 Å². The van der Waals surface area contributed by atoms with E-state index < -0.39 is 26.7 Å². The van der Waals surface area contributed by atoms with Crippen molar-refractivity contribution in [1.29, 1.82) is 0 Å². The van der Waals surface area contributed by atoms with Crippen molar-refractivity contribution in [1.82, 2.24) is 0 Å². The van der Waals surface area contributed by atoms with Crippen LogP contribution >= 0.6 is 23.2 Å². The predicted molar refractivity (Wildman–Crippen MR) is 146 cm³/mol. The quantitative estimate of drug-likeness (QED) is 0.156. The van der Waals surface area contributed by atoms with Gasteiger partial charge in [-0.05, 0) is 41.6 Å². The van der Waals surface area contributed by atoms with Crippen LogP contribution in [0.3, 0.4) is 0 Å². The van der Waals surface area contributed by atoms with Crippen LogP contribution in [-0.4, -0.2) is 31.1 Å². The number of nitrogens with zero attached hydrogens (tertiary/aromatic N) is 2. The second kappa shape index (κ2) is 11.0. The number of aryl methyl sites for hydroxylation is 1. The van der Waals surface area contributed by atoms with Gasteiger partial charge in [-0.1, -0.05) is 66.5 Å². The Balaban J connectivity index is 1.86. The first-order chi connectivity index (χ1) is 18.1. The summed E-state index contributed by atoms with van der Waals surface area (Å²) in [7, 11) is -3.25. The summed E-state index contributed by atoms with van der Waals surface area (Å²) in [5.74, 6) is -0.854. The molecule has 196 valence electrons. The number of anilines is 1. The molecule has 0 aromatic heterocycles. The minimum atomic E-state index is -4.69. The lowest BCUT2D eigenvalue weighted by molar-refractivity contribution is 0.102. The van der Waals surface area contributed by atoms with Crippen LogP contribution in [-0.2, 0) is 16.5 Å². The van der Waals surface area contributed by atoms with Crippen LogP contribution < -0.4 is 10.1 Å². The molecule has 0 aliphatic heterocycles. The molecule has 12 heteroatoms. The highest BCUT2D eigenvalue weighted by atomic mass is 35.5. The van der Waals surface area contributed by atoms with Crippen LogP contribution in [0.5, 0.6) is 11.5 Å². The number of azo groups is 1. The van der Waals surface area contributed by atoms with Crippen LogP contribution in [0.1, 0.15) is 22.8 Å². The average Bonchev–Trinajstić information content (AvgIpc) is 2.88. The number of carbonyl (C=O) groups is 1. The first-order valence-corrected chi connectivity index (χ1v) is 13.4. The van der Waals surface area contributed by atoms with Crippen molar-refractivity contribution >= 4 is 67.1 Å². The van der Waals surface area contributed by atoms with Gasteiger partial charge < -0.3 is 15.2 Å². The molecule has 4 rings (SSSR count). The standard InChI is InChI=1S/C26H21Cl2N3O6S/c1-3-14-11-12-20(38(34,35)36)24(21(14)27)31-30-23-16-8-5-4-7-15(16)13-17(25(23)32)26(33)29-18-9-6-10-19(37-2)22(18)28/h4-13,32H,3H2,1-2H3,(H,29,33)(H,34,35,36). The molecule has 38 heavy (non-hydrogen) atoms. The SMILES string of the molecule is CCc1ccc(S(=O)(=O)O)c(N=Nc2c(O)c(C(=O)Nc3cccc(OC)c3Cl)cc3ccccc23)c1Cl. The maximum atomic E-state index is 13.2. The second-order valence-corrected chi connectivity index (χ2v) is 10.2. The number of fused-ring (bicyclic) bond motifs is 1. The summed E-state index contributed by atoms with van der Waals surface area (Å²) in [6.45, 7) is 1.81. The molecule has 0 atom stereocenters. The summed E-state index contributed by atoms with van der Waals surface area (Å²) in [5, 5.41) is 23.0. The highest BCUT2D eigenvalue weighted by molar-refractivity contribution is 7.86. The van der Waals surface area contributed by atoms with Crippen LogP contribution in [0, 0.1) is 0 Å². The fraction of sp³-hybridized carbons (Fsp3) is 0.115. The number of phenols is 1. The Morgan fingerprint density at radius 3 is 2.39 bits per heavy atom. The minimum absolute atomic E-state index is 0.0169. The van der Waals surface area contributed by atoms with E-state index in [0.717, 1.165) is 0 Å². The molecule has 9 nitrogen and oxygen atoms in total. The Morgan fingerprint density at radius 2 is 1.71 bits per heavy atom. The third-order valence-corrected chi connectivity index (χ3v) is 7.44. The van der Waals surface area contributed by atoms with Gasteiger partial charge in [0.25, 0.3) is 16.0 Å². The van der Waals surface area contributed by atoms with Crippen molar-refractivity contribution < 1.29 is 27.6 Å². The monoisotopic (exact) mass is 573 g/mol. The molecular formula is C26H21Cl2N3O6S. The van der Waals surface area contributed by atoms with E-state index >= 15 is 0 Å². The van der Waals surface area contributed by atoms with Gasteiger partial charge in [0.2, 0.25) is 0 Å². The van der Waals surface area contributed by atoms with Crippen LogP contribution in [0.4, 0.5) is 17.1 Å². The number of amides is 1. The molecule has 4 aromatic rings. The number of nitrogens with one attached hydrogen (secondary N) is 1. The van der Waals surface area contributed by atoms with Crippen molar-refractivity contribution in [3.63, 3.8) is 0 Å². The number of phenolic OH excluding ortho intramolecular Hbond substituents is 1. The van der Waals surface area contributed by atoms with E-state index in [9.17, 15) is 22.9 Å². The van der Waals surface area contributed by atoms with Gasteiger partial charge in [-0.2, -0.15) is 8.42 Å². The summed E-state index contributed by atoms with van der Waals surface area (Å²) in [5.41, 5.74) is 0.289. The van der Waals surface area contributed by atoms with Crippen molar-refractivity contribution in [3.05, 3.63) is 81.8 Å². The molecule has 0 radical (unpaired) electrons. The van der Waals surface area contributed by atoms with Gasteiger partial charge >= 0.3 is 0 Å². The molecule has 0 aliphatic carbocycles. The van der Waals surface area contributed by atoms with E-state index in [-0.39, 0.29) is 32.7 Å². The van der Waals surface area contributed by atoms with E-state index in [4.69, 9.17) is 27.9 Å². The lowest BCUT2D eigenvalue weighted by Gasteiger charge is -2.13. The number of hydrogen-bond acceptors (Lipinski definition) is 7. The number of benzene rings is 4. The smallest absolute Gasteiger partial charge is 0.296 e. The maximum Gasteiger partial charge on any atom is 0.296 e. The summed E-state index contributed by atoms with van der Waals surface area (Å²) >= 11 is 12.7. The van der Waals surface area contributed by atoms with Crippen LogP contribution in [0.25, 0.3) is 10.8 Å². The third kappa shape index (κ3) is 5.30. The van der Waals surface area contributed by atoms with Gasteiger partial charge in [-0.3, -0.25) is 9.35 Å². The summed E-state index contributed by atoms with van der Waals surface area (Å²) in [6.07, 6.45) is 0.462. The molecule has 0 bridgehead atoms. The highest BCUT2D eigenvalue weighted by Gasteiger charge is 2.23. The van der Waals surface area contributed by atoms with Crippen molar-refractivity contribution in [2.75, 3.05) is 12.4 Å². The van der Waals surface area contributed by atoms with Gasteiger partial charge in [0, 0.05) is 5.39 Å². The van der Waals surface area contributed by atoms with E-state index in [0.29, 0.717) is 28.5 Å². The maximum absolute atomic E-state index is 13.2. The van der Waals surface area contributed by atoms with E-state index in [1.807, 2.05) is 6.92 Å². The summed E-state index contributed by atoms with van der Waals surface area (Å²) < 4.78 is 38.8. The van der Waals surface area contributed by atoms with E-state index in [1.165, 1.54) is 25.3 Å². The minimum Gasteiger partial charge on any atom is -0.505 e. The number of carbonyl (C=O) groups excluding carboxylic acids is 1. The average molecular weight is 574 g/mol. The third-order valence-electron chi connectivity index (χ3n) is 5.74. The zero-order valence-electron chi connectivity index (χ0n) is 20.1. The molecule has 0 fully saturated rings. The Hall–Kier alpha value is -3.70. The van der Waals surface area contributed by atoms with Crippen LogP contribution in [0.2, 0.25) is 10.0 Å². The Bertz CT molecular complexity index is 1710. The van der Waals surface area contributed by atoms with Gasteiger partial charge in [0.15, 0.2) is 5.75 Å². The van der Waals surface area contributed by atoms with Crippen molar-refractivity contribution in [3.8, 4) is 11.5 Å². The molecule has 0 saturated carbocycles. The molecule has 3 N–H and O–H groups in total. The molecule has 0 unspecified atom stereocenters. The van der Waals surface area contributed by atoms with E-state index in [2.05, 4.69) is 15.5 Å². The zero-order valence-corrected chi connectivity index (χ0v) is 22.4. The number of methoxy groups -OCH3 is 1. The molecular weight excluding hydrogens is 553 g/mol. The Kier molecular flexibility index (Phi) is 7.89. The largest absolute Gasteiger partial charge is 0.505 e. The number of rotatable bonds is 7. The number of aromatic hydroxyl groups is 1. The number of hydrogen-bond donors (Lipinski definition) is 3. The normalized spacial score (nSPS) is 11.7. The van der Waals surface area contributed by atoms with Gasteiger partial charge in [-0.15, -0.1) is 10.2 Å². The van der Waals surface area contributed by atoms with Gasteiger partial charge in [-0.25, -0.2) is 0 Å². The first kappa shape index (κ1) is 27.3. The zero-order chi connectivity index (χ0) is 27.6. The molecule has 0 heterocycles. The van der Waals surface area contributed by atoms with Gasteiger partial charge in [0.1, 0.15) is 27.0 Å². The number of halogens is 2. The van der Waals surface area contributed by atoms with E-state index in [1.54, 1.807) is 42.5 Å². The highest BCUT2D eigenvalue weighted by Crippen LogP contribution is 2.42. The summed E-state index contributed by atoms with van der Waals surface area (Å²) in [4.78, 5) is 12.7. The Morgan fingerprint density at radius 1 is 1.00 bits per heavy atom. The molecule has 0 saturated heterocycles.